The lowest BCUT2D eigenvalue weighted by Gasteiger charge is -2.22. The smallest absolute Gasteiger partial charge is 0.123 e. The molecule has 1 unspecified atom stereocenters. The number of rotatable bonds is 7. The third-order valence-corrected chi connectivity index (χ3v) is 3.74. The molecule has 1 saturated heterocycles. The highest BCUT2D eigenvalue weighted by Gasteiger charge is 2.14. The summed E-state index contributed by atoms with van der Waals surface area (Å²) >= 11 is 0. The zero-order valence-electron chi connectivity index (χ0n) is 13.3. The Morgan fingerprint density at radius 2 is 2.24 bits per heavy atom. The van der Waals surface area contributed by atoms with Gasteiger partial charge in [-0.15, -0.1) is 0 Å². The molecule has 0 amide bonds. The first kappa shape index (κ1) is 16.3. The summed E-state index contributed by atoms with van der Waals surface area (Å²) in [6.45, 7) is 10.8. The highest BCUT2D eigenvalue weighted by Crippen LogP contribution is 2.17. The minimum absolute atomic E-state index is 0.327. The molecule has 1 fully saturated rings. The van der Waals surface area contributed by atoms with E-state index in [4.69, 9.17) is 9.47 Å². The van der Waals surface area contributed by atoms with Gasteiger partial charge in [-0.25, -0.2) is 0 Å². The largest absolute Gasteiger partial charge is 0.492 e. The number of hydrogen-bond donors (Lipinski definition) is 1. The molecular formula is C17H28N2O2. The van der Waals surface area contributed by atoms with Crippen molar-refractivity contribution in [3.63, 3.8) is 0 Å². The first-order chi connectivity index (χ1) is 10.3. The van der Waals surface area contributed by atoms with Crippen molar-refractivity contribution in [3.8, 4) is 5.75 Å². The lowest BCUT2D eigenvalue weighted by molar-refractivity contribution is 0.0658. The Morgan fingerprint density at radius 1 is 1.38 bits per heavy atom. The van der Waals surface area contributed by atoms with Crippen molar-refractivity contribution >= 4 is 0 Å². The van der Waals surface area contributed by atoms with E-state index < -0.39 is 0 Å². The Balaban J connectivity index is 1.79. The van der Waals surface area contributed by atoms with E-state index in [2.05, 4.69) is 42.3 Å². The Labute approximate surface area is 128 Å². The molecule has 0 aromatic heterocycles. The van der Waals surface area contributed by atoms with Gasteiger partial charge in [0.1, 0.15) is 12.4 Å². The normalized spacial score (nSPS) is 20.2. The minimum atomic E-state index is 0.327. The number of para-hydroxylation sites is 1. The highest BCUT2D eigenvalue weighted by atomic mass is 16.5. The molecular weight excluding hydrogens is 264 g/mol. The van der Waals surface area contributed by atoms with Crippen LogP contribution in [0, 0.1) is 0 Å². The maximum absolute atomic E-state index is 5.99. The maximum atomic E-state index is 5.99. The zero-order chi connectivity index (χ0) is 14.9. The van der Waals surface area contributed by atoms with Crippen molar-refractivity contribution in [1.82, 2.24) is 10.2 Å². The number of nitrogens with one attached hydrogen (secondary N) is 1. The molecule has 0 spiro atoms. The quantitative estimate of drug-likeness (QED) is 0.836. The van der Waals surface area contributed by atoms with Gasteiger partial charge in [0.05, 0.1) is 6.10 Å². The predicted octanol–water partition coefficient (Wildman–Crippen LogP) is 2.29. The molecule has 1 aliphatic heterocycles. The van der Waals surface area contributed by atoms with Crippen molar-refractivity contribution in [3.05, 3.63) is 29.8 Å². The van der Waals surface area contributed by atoms with Crippen LogP contribution in [0.25, 0.3) is 0 Å². The highest BCUT2D eigenvalue weighted by molar-refractivity contribution is 5.33. The molecule has 4 heteroatoms. The number of nitrogens with zero attached hydrogens (tertiary/aromatic N) is 1. The molecule has 1 atom stereocenters. The lowest BCUT2D eigenvalue weighted by atomic mass is 10.2. The molecule has 1 aromatic rings. The van der Waals surface area contributed by atoms with Crippen LogP contribution >= 0.6 is 0 Å². The standard InChI is InChI=1S/C17H28N2O2/c1-3-18-13-16-7-4-5-8-17(16)21-12-10-19-9-6-11-20-15(2)14-19/h4-5,7-8,15,18H,3,6,9-14H2,1-2H3. The fourth-order valence-corrected chi connectivity index (χ4v) is 2.62. The molecule has 1 N–H and O–H groups in total. The van der Waals surface area contributed by atoms with E-state index in [0.29, 0.717) is 6.10 Å². The fraction of sp³-hybridized carbons (Fsp3) is 0.647. The molecule has 21 heavy (non-hydrogen) atoms. The topological polar surface area (TPSA) is 33.7 Å². The van der Waals surface area contributed by atoms with Crippen molar-refractivity contribution in [2.75, 3.05) is 39.4 Å². The summed E-state index contributed by atoms with van der Waals surface area (Å²) in [5.41, 5.74) is 1.23. The second-order valence-electron chi connectivity index (χ2n) is 5.57. The number of hydrogen-bond acceptors (Lipinski definition) is 4. The van der Waals surface area contributed by atoms with E-state index in [0.717, 1.165) is 58.1 Å². The van der Waals surface area contributed by atoms with Crippen LogP contribution in [0.1, 0.15) is 25.8 Å². The van der Waals surface area contributed by atoms with Gasteiger partial charge in [-0.05, 0) is 26.0 Å². The summed E-state index contributed by atoms with van der Waals surface area (Å²) in [5, 5.41) is 3.35. The Morgan fingerprint density at radius 3 is 3.10 bits per heavy atom. The molecule has 1 heterocycles. The molecule has 4 nitrogen and oxygen atoms in total. The average Bonchev–Trinajstić information content (AvgIpc) is 2.70. The summed E-state index contributed by atoms with van der Waals surface area (Å²) < 4.78 is 11.7. The van der Waals surface area contributed by atoms with Gasteiger partial charge >= 0.3 is 0 Å². The second-order valence-corrected chi connectivity index (χ2v) is 5.57. The summed E-state index contributed by atoms with van der Waals surface area (Å²) in [6.07, 6.45) is 1.44. The SMILES string of the molecule is CCNCc1ccccc1OCCN1CCCOC(C)C1. The zero-order valence-corrected chi connectivity index (χ0v) is 13.3. The summed E-state index contributed by atoms with van der Waals surface area (Å²) in [5.74, 6) is 0.998. The van der Waals surface area contributed by atoms with E-state index in [9.17, 15) is 0 Å². The number of ether oxygens (including phenoxy) is 2. The van der Waals surface area contributed by atoms with Crippen LogP contribution in [0.5, 0.6) is 5.75 Å². The van der Waals surface area contributed by atoms with E-state index in [1.807, 2.05) is 6.07 Å². The third-order valence-electron chi connectivity index (χ3n) is 3.74. The monoisotopic (exact) mass is 292 g/mol. The van der Waals surface area contributed by atoms with Crippen LogP contribution in [-0.4, -0.2) is 50.4 Å². The molecule has 0 bridgehead atoms. The summed E-state index contributed by atoms with van der Waals surface area (Å²) in [7, 11) is 0. The van der Waals surface area contributed by atoms with Crippen LogP contribution in [0.3, 0.4) is 0 Å². The van der Waals surface area contributed by atoms with Crippen molar-refractivity contribution in [1.29, 1.82) is 0 Å². The Kier molecular flexibility index (Phi) is 7.00. The van der Waals surface area contributed by atoms with E-state index in [1.54, 1.807) is 0 Å². The molecule has 2 rings (SSSR count). The van der Waals surface area contributed by atoms with E-state index >= 15 is 0 Å². The lowest BCUT2D eigenvalue weighted by Crippen LogP contribution is -2.33. The van der Waals surface area contributed by atoms with Gasteiger partial charge in [0.25, 0.3) is 0 Å². The summed E-state index contributed by atoms with van der Waals surface area (Å²) in [4.78, 5) is 2.44. The first-order valence-electron chi connectivity index (χ1n) is 8.05. The van der Waals surface area contributed by atoms with Crippen LogP contribution in [0.15, 0.2) is 24.3 Å². The minimum Gasteiger partial charge on any atom is -0.492 e. The van der Waals surface area contributed by atoms with Crippen molar-refractivity contribution in [2.24, 2.45) is 0 Å². The van der Waals surface area contributed by atoms with Crippen molar-refractivity contribution < 1.29 is 9.47 Å². The average molecular weight is 292 g/mol. The molecule has 118 valence electrons. The number of benzene rings is 1. The maximum Gasteiger partial charge on any atom is 0.123 e. The molecule has 0 saturated carbocycles. The van der Waals surface area contributed by atoms with Gasteiger partial charge < -0.3 is 14.8 Å². The van der Waals surface area contributed by atoms with Crippen LogP contribution < -0.4 is 10.1 Å². The van der Waals surface area contributed by atoms with Crippen LogP contribution in [0.4, 0.5) is 0 Å². The predicted molar refractivity (Wildman–Crippen MR) is 85.8 cm³/mol. The second kappa shape index (κ2) is 9.03. The third kappa shape index (κ3) is 5.65. The van der Waals surface area contributed by atoms with Crippen molar-refractivity contribution in [2.45, 2.75) is 32.9 Å². The molecule has 1 aliphatic rings. The van der Waals surface area contributed by atoms with E-state index in [-0.39, 0.29) is 0 Å². The van der Waals surface area contributed by atoms with Crippen LogP contribution in [0.2, 0.25) is 0 Å². The van der Waals surface area contributed by atoms with Gasteiger partial charge in [-0.2, -0.15) is 0 Å². The first-order valence-corrected chi connectivity index (χ1v) is 8.05. The van der Waals surface area contributed by atoms with E-state index in [1.165, 1.54) is 5.56 Å². The Bertz CT molecular complexity index is 412. The fourth-order valence-electron chi connectivity index (χ4n) is 2.62. The van der Waals surface area contributed by atoms with Gasteiger partial charge in [0.2, 0.25) is 0 Å². The summed E-state index contributed by atoms with van der Waals surface area (Å²) in [6, 6.07) is 8.28. The van der Waals surface area contributed by atoms with Crippen LogP contribution in [-0.2, 0) is 11.3 Å². The molecule has 0 aliphatic carbocycles. The van der Waals surface area contributed by atoms with Gasteiger partial charge in [0.15, 0.2) is 0 Å². The Hall–Kier alpha value is -1.10. The van der Waals surface area contributed by atoms with Gasteiger partial charge in [-0.1, -0.05) is 25.1 Å². The molecule has 1 aromatic carbocycles. The molecule has 0 radical (unpaired) electrons. The van der Waals surface area contributed by atoms with Gasteiger partial charge in [-0.3, -0.25) is 4.90 Å². The van der Waals surface area contributed by atoms with Gasteiger partial charge in [0, 0.05) is 38.3 Å².